The van der Waals surface area contributed by atoms with Gasteiger partial charge in [0.15, 0.2) is 0 Å². The molecule has 0 aliphatic carbocycles. The molecule has 0 atom stereocenters. The van der Waals surface area contributed by atoms with Crippen molar-refractivity contribution in [3.8, 4) is 0 Å². The third-order valence-corrected chi connectivity index (χ3v) is 4.55. The van der Waals surface area contributed by atoms with Gasteiger partial charge >= 0.3 is 0 Å². The third-order valence-electron chi connectivity index (χ3n) is 3.50. The Morgan fingerprint density at radius 2 is 1.94 bits per heavy atom. The number of carbonyl (C=O) groups excluding carboxylic acids is 1. The number of nitrogens with zero attached hydrogens (tertiary/aromatic N) is 2. The average Bonchev–Trinajstić information content (AvgIpc) is 2.69. The van der Waals surface area contributed by atoms with Crippen molar-refractivity contribution in [3.05, 3.63) is 15.8 Å². The Balaban J connectivity index is 1.99. The number of carbonyl (C=O) groups is 1. The largest absolute Gasteiger partial charge is 0.398 e. The molecule has 0 saturated carbocycles. The number of amides is 1. The Kier molecular flexibility index (Phi) is 3.92. The summed E-state index contributed by atoms with van der Waals surface area (Å²) in [5.41, 5.74) is 6.53. The normalized spacial score (nSPS) is 17.4. The van der Waals surface area contributed by atoms with Crippen molar-refractivity contribution in [2.75, 3.05) is 31.9 Å². The maximum atomic E-state index is 12.3. The molecule has 2 N–H and O–H groups in total. The number of hydrogen-bond acceptors (Lipinski definition) is 4. The number of hydrogen-bond donors (Lipinski definition) is 1. The lowest BCUT2D eigenvalue weighted by atomic mass is 10.2. The molecule has 1 aliphatic heterocycles. The van der Waals surface area contributed by atoms with Crippen molar-refractivity contribution in [3.63, 3.8) is 0 Å². The summed E-state index contributed by atoms with van der Waals surface area (Å²) >= 11 is 1.49. The van der Waals surface area contributed by atoms with Gasteiger partial charge in [0.1, 0.15) is 0 Å². The molecular weight excluding hydrogens is 246 g/mol. The molecule has 1 aromatic heterocycles. The summed E-state index contributed by atoms with van der Waals surface area (Å²) in [6.45, 7) is 9.89. The van der Waals surface area contributed by atoms with Crippen LogP contribution in [0.4, 0.5) is 5.69 Å². The maximum Gasteiger partial charge on any atom is 0.264 e. The quantitative estimate of drug-likeness (QED) is 0.889. The van der Waals surface area contributed by atoms with Gasteiger partial charge in [-0.25, -0.2) is 0 Å². The number of rotatable bonds is 2. The zero-order valence-electron chi connectivity index (χ0n) is 11.3. The van der Waals surface area contributed by atoms with Crippen LogP contribution in [0.25, 0.3) is 0 Å². The zero-order chi connectivity index (χ0) is 13.3. The van der Waals surface area contributed by atoms with Crippen LogP contribution < -0.4 is 5.73 Å². The van der Waals surface area contributed by atoms with Crippen LogP contribution in [0.5, 0.6) is 0 Å². The molecule has 1 saturated heterocycles. The minimum atomic E-state index is 0.128. The first-order valence-corrected chi connectivity index (χ1v) is 7.20. The predicted molar refractivity (Wildman–Crippen MR) is 76.1 cm³/mol. The topological polar surface area (TPSA) is 49.6 Å². The minimum absolute atomic E-state index is 0.128. The fourth-order valence-corrected chi connectivity index (χ4v) is 3.11. The van der Waals surface area contributed by atoms with Gasteiger partial charge in [0.2, 0.25) is 0 Å². The van der Waals surface area contributed by atoms with Gasteiger partial charge < -0.3 is 10.6 Å². The molecular formula is C13H21N3OS. The molecule has 4 nitrogen and oxygen atoms in total. The van der Waals surface area contributed by atoms with Crippen LogP contribution in [0.15, 0.2) is 6.07 Å². The lowest BCUT2D eigenvalue weighted by Crippen LogP contribution is -2.50. The van der Waals surface area contributed by atoms with E-state index in [2.05, 4.69) is 18.7 Å². The molecule has 5 heteroatoms. The van der Waals surface area contributed by atoms with E-state index < -0.39 is 0 Å². The molecule has 1 aromatic rings. The van der Waals surface area contributed by atoms with Gasteiger partial charge in [-0.1, -0.05) is 0 Å². The third kappa shape index (κ3) is 2.67. The first-order valence-electron chi connectivity index (χ1n) is 6.38. The molecule has 0 spiro atoms. The lowest BCUT2D eigenvalue weighted by Gasteiger charge is -2.36. The Morgan fingerprint density at radius 1 is 1.33 bits per heavy atom. The molecule has 18 heavy (non-hydrogen) atoms. The zero-order valence-corrected chi connectivity index (χ0v) is 12.1. The van der Waals surface area contributed by atoms with E-state index in [1.165, 1.54) is 11.3 Å². The molecule has 0 bridgehead atoms. The summed E-state index contributed by atoms with van der Waals surface area (Å²) in [6.07, 6.45) is 0. The van der Waals surface area contributed by atoms with E-state index >= 15 is 0 Å². The highest BCUT2D eigenvalue weighted by Gasteiger charge is 2.24. The molecule has 0 unspecified atom stereocenters. The number of piperazine rings is 1. The van der Waals surface area contributed by atoms with Crippen molar-refractivity contribution in [2.45, 2.75) is 26.8 Å². The summed E-state index contributed by atoms with van der Waals surface area (Å²) in [6, 6.07) is 2.36. The summed E-state index contributed by atoms with van der Waals surface area (Å²) in [5.74, 6) is 0.128. The van der Waals surface area contributed by atoms with Gasteiger partial charge in [-0.2, -0.15) is 0 Å². The van der Waals surface area contributed by atoms with Crippen LogP contribution in [0.1, 0.15) is 28.4 Å². The lowest BCUT2D eigenvalue weighted by molar-refractivity contribution is 0.0600. The first-order chi connectivity index (χ1) is 8.49. The van der Waals surface area contributed by atoms with Crippen molar-refractivity contribution in [2.24, 2.45) is 0 Å². The van der Waals surface area contributed by atoms with Crippen molar-refractivity contribution in [1.82, 2.24) is 9.80 Å². The van der Waals surface area contributed by atoms with Crippen molar-refractivity contribution >= 4 is 22.9 Å². The highest BCUT2D eigenvalue weighted by atomic mass is 32.1. The Morgan fingerprint density at radius 3 is 2.39 bits per heavy atom. The van der Waals surface area contributed by atoms with Gasteiger partial charge in [-0.15, -0.1) is 11.3 Å². The maximum absolute atomic E-state index is 12.3. The summed E-state index contributed by atoms with van der Waals surface area (Å²) < 4.78 is 0. The number of nitrogens with two attached hydrogens (primary N) is 1. The van der Waals surface area contributed by atoms with Crippen LogP contribution in [-0.4, -0.2) is 47.9 Å². The van der Waals surface area contributed by atoms with Gasteiger partial charge in [0, 0.05) is 42.8 Å². The van der Waals surface area contributed by atoms with E-state index in [1.54, 1.807) is 6.07 Å². The minimum Gasteiger partial charge on any atom is -0.398 e. The molecule has 1 aliphatic rings. The molecule has 1 fully saturated rings. The van der Waals surface area contributed by atoms with E-state index in [0.717, 1.165) is 41.6 Å². The number of nitrogen functional groups attached to an aromatic ring is 1. The summed E-state index contributed by atoms with van der Waals surface area (Å²) in [7, 11) is 0. The SMILES string of the molecule is Cc1sc(C(=O)N2CCN(C(C)C)CC2)cc1N. The fraction of sp³-hybridized carbons (Fsp3) is 0.615. The second-order valence-electron chi connectivity index (χ2n) is 5.04. The molecule has 2 heterocycles. The molecule has 0 aromatic carbocycles. The highest BCUT2D eigenvalue weighted by molar-refractivity contribution is 7.14. The van der Waals surface area contributed by atoms with Crippen molar-refractivity contribution in [1.29, 1.82) is 0 Å². The van der Waals surface area contributed by atoms with Gasteiger partial charge in [-0.3, -0.25) is 9.69 Å². The number of aryl methyl sites for hydroxylation is 1. The van der Waals surface area contributed by atoms with Gasteiger partial charge in [0.05, 0.1) is 4.88 Å². The van der Waals surface area contributed by atoms with Crippen LogP contribution in [0.2, 0.25) is 0 Å². The van der Waals surface area contributed by atoms with Crippen LogP contribution in [-0.2, 0) is 0 Å². The molecule has 0 radical (unpaired) electrons. The van der Waals surface area contributed by atoms with E-state index in [-0.39, 0.29) is 5.91 Å². The van der Waals surface area contributed by atoms with Crippen LogP contribution >= 0.6 is 11.3 Å². The van der Waals surface area contributed by atoms with Gasteiger partial charge in [0.25, 0.3) is 5.91 Å². The van der Waals surface area contributed by atoms with E-state index in [1.807, 2.05) is 11.8 Å². The molecule has 1 amide bonds. The molecule has 2 rings (SSSR count). The second kappa shape index (κ2) is 5.28. The first kappa shape index (κ1) is 13.4. The van der Waals surface area contributed by atoms with Crippen LogP contribution in [0, 0.1) is 6.92 Å². The average molecular weight is 267 g/mol. The molecule has 100 valence electrons. The van der Waals surface area contributed by atoms with Crippen LogP contribution in [0.3, 0.4) is 0 Å². The fourth-order valence-electron chi connectivity index (χ4n) is 2.20. The predicted octanol–water partition coefficient (Wildman–Crippen LogP) is 1.80. The van der Waals surface area contributed by atoms with Gasteiger partial charge in [-0.05, 0) is 26.8 Å². The van der Waals surface area contributed by atoms with E-state index in [9.17, 15) is 4.79 Å². The Bertz CT molecular complexity index is 414. The second-order valence-corrected chi connectivity index (χ2v) is 6.30. The monoisotopic (exact) mass is 267 g/mol. The van der Waals surface area contributed by atoms with Crippen molar-refractivity contribution < 1.29 is 4.79 Å². The highest BCUT2D eigenvalue weighted by Crippen LogP contribution is 2.25. The standard InChI is InChI=1S/C13H21N3OS/c1-9(2)15-4-6-16(7-5-15)13(17)12-8-11(14)10(3)18-12/h8-9H,4-7,14H2,1-3H3. The smallest absolute Gasteiger partial charge is 0.264 e. The summed E-state index contributed by atoms with van der Waals surface area (Å²) in [4.78, 5) is 18.4. The van der Waals surface area contributed by atoms with E-state index in [4.69, 9.17) is 5.73 Å². The Labute approximate surface area is 112 Å². The number of thiophene rings is 1. The number of anilines is 1. The summed E-state index contributed by atoms with van der Waals surface area (Å²) in [5, 5.41) is 0. The van der Waals surface area contributed by atoms with E-state index in [0.29, 0.717) is 6.04 Å². The Hall–Kier alpha value is -1.07.